The van der Waals surface area contributed by atoms with Crippen LogP contribution in [0.5, 0.6) is 5.75 Å². The van der Waals surface area contributed by atoms with Crippen LogP contribution in [0.4, 0.5) is 5.69 Å². The van der Waals surface area contributed by atoms with E-state index in [9.17, 15) is 14.7 Å². The summed E-state index contributed by atoms with van der Waals surface area (Å²) in [5.41, 5.74) is 0.958. The highest BCUT2D eigenvalue weighted by molar-refractivity contribution is 6.04. The van der Waals surface area contributed by atoms with Crippen molar-refractivity contribution in [3.8, 4) is 5.75 Å². The molecule has 0 saturated carbocycles. The van der Waals surface area contributed by atoms with Crippen molar-refractivity contribution in [2.75, 3.05) is 11.9 Å². The van der Waals surface area contributed by atoms with Gasteiger partial charge in [-0.25, -0.2) is 4.79 Å². The van der Waals surface area contributed by atoms with E-state index in [1.807, 2.05) is 0 Å². The van der Waals surface area contributed by atoms with Crippen LogP contribution in [0.15, 0.2) is 12.1 Å². The van der Waals surface area contributed by atoms with Gasteiger partial charge < -0.3 is 15.1 Å². The molecule has 15 heavy (non-hydrogen) atoms. The fourth-order valence-electron chi connectivity index (χ4n) is 1.73. The largest absolute Gasteiger partial charge is 0.506 e. The van der Waals surface area contributed by atoms with E-state index >= 15 is 0 Å². The number of carbonyl (C=O) groups excluding carboxylic acids is 1. The standard InChI is InChI=1S/C10H9NO4/c1-11-8(13)4-5-2-6(10(14)15)3-7(12)9(5)11/h2-3,12H,4H2,1H3,(H,14,15). The lowest BCUT2D eigenvalue weighted by Crippen LogP contribution is -2.20. The van der Waals surface area contributed by atoms with E-state index in [1.165, 1.54) is 11.0 Å². The summed E-state index contributed by atoms with van der Waals surface area (Å²) in [7, 11) is 1.55. The zero-order valence-corrected chi connectivity index (χ0v) is 8.02. The Balaban J connectivity index is 2.60. The molecule has 0 aromatic heterocycles. The Hall–Kier alpha value is -2.04. The van der Waals surface area contributed by atoms with E-state index in [2.05, 4.69) is 0 Å². The molecule has 0 unspecified atom stereocenters. The number of phenols is 1. The van der Waals surface area contributed by atoms with E-state index in [0.717, 1.165) is 6.07 Å². The average molecular weight is 207 g/mol. The van der Waals surface area contributed by atoms with Crippen LogP contribution in [0.2, 0.25) is 0 Å². The maximum absolute atomic E-state index is 11.3. The minimum Gasteiger partial charge on any atom is -0.506 e. The Morgan fingerprint density at radius 1 is 1.47 bits per heavy atom. The highest BCUT2D eigenvalue weighted by Gasteiger charge is 2.28. The van der Waals surface area contributed by atoms with Gasteiger partial charge in [0.05, 0.1) is 17.7 Å². The number of hydrogen-bond acceptors (Lipinski definition) is 3. The number of fused-ring (bicyclic) bond motifs is 1. The number of carboxylic acid groups (broad SMARTS) is 1. The third-order valence-corrected chi connectivity index (χ3v) is 2.47. The third-order valence-electron chi connectivity index (χ3n) is 2.47. The van der Waals surface area contributed by atoms with Crippen LogP contribution in [-0.2, 0) is 11.2 Å². The van der Waals surface area contributed by atoms with Crippen molar-refractivity contribution in [1.29, 1.82) is 0 Å². The number of nitrogens with zero attached hydrogens (tertiary/aromatic N) is 1. The first-order chi connectivity index (χ1) is 7.00. The molecular formula is C10H9NO4. The van der Waals surface area contributed by atoms with Crippen molar-refractivity contribution < 1.29 is 19.8 Å². The van der Waals surface area contributed by atoms with E-state index in [0.29, 0.717) is 11.3 Å². The number of anilines is 1. The molecule has 1 amide bonds. The molecule has 0 saturated heterocycles. The van der Waals surface area contributed by atoms with E-state index < -0.39 is 5.97 Å². The van der Waals surface area contributed by atoms with Crippen LogP contribution in [0.25, 0.3) is 0 Å². The van der Waals surface area contributed by atoms with Crippen molar-refractivity contribution >= 4 is 17.6 Å². The van der Waals surface area contributed by atoms with Gasteiger partial charge in [-0.15, -0.1) is 0 Å². The van der Waals surface area contributed by atoms with Gasteiger partial charge in [-0.2, -0.15) is 0 Å². The number of rotatable bonds is 1. The first-order valence-electron chi connectivity index (χ1n) is 4.36. The van der Waals surface area contributed by atoms with Crippen LogP contribution in [-0.4, -0.2) is 29.1 Å². The molecule has 5 nitrogen and oxygen atoms in total. The van der Waals surface area contributed by atoms with Crippen molar-refractivity contribution in [1.82, 2.24) is 0 Å². The van der Waals surface area contributed by atoms with Gasteiger partial charge in [-0.05, 0) is 17.7 Å². The molecule has 0 radical (unpaired) electrons. The summed E-state index contributed by atoms with van der Waals surface area (Å²) in [6.45, 7) is 0. The van der Waals surface area contributed by atoms with E-state index in [1.54, 1.807) is 7.05 Å². The minimum absolute atomic E-state index is 0.00523. The minimum atomic E-state index is -1.12. The van der Waals surface area contributed by atoms with Crippen LogP contribution >= 0.6 is 0 Å². The van der Waals surface area contributed by atoms with E-state index in [4.69, 9.17) is 5.11 Å². The number of aromatic carboxylic acids is 1. The second-order valence-corrected chi connectivity index (χ2v) is 3.44. The quantitative estimate of drug-likeness (QED) is 0.707. The van der Waals surface area contributed by atoms with Crippen molar-refractivity contribution in [2.45, 2.75) is 6.42 Å². The molecular weight excluding hydrogens is 198 g/mol. The normalized spacial score (nSPS) is 14.2. The smallest absolute Gasteiger partial charge is 0.335 e. The van der Waals surface area contributed by atoms with Crippen LogP contribution in [0.3, 0.4) is 0 Å². The molecule has 0 atom stereocenters. The van der Waals surface area contributed by atoms with Gasteiger partial charge in [-0.1, -0.05) is 0 Å². The summed E-state index contributed by atoms with van der Waals surface area (Å²) in [6.07, 6.45) is 0.139. The SMILES string of the molecule is CN1C(=O)Cc2cc(C(=O)O)cc(O)c21. The Morgan fingerprint density at radius 2 is 2.13 bits per heavy atom. The average Bonchev–Trinajstić information content (AvgIpc) is 2.42. The number of amides is 1. The lowest BCUT2D eigenvalue weighted by molar-refractivity contribution is -0.117. The predicted molar refractivity (Wildman–Crippen MR) is 52.2 cm³/mol. The Labute approximate surface area is 85.6 Å². The maximum Gasteiger partial charge on any atom is 0.335 e. The molecule has 2 N–H and O–H groups in total. The van der Waals surface area contributed by atoms with Crippen LogP contribution in [0, 0.1) is 0 Å². The number of likely N-dealkylation sites (N-methyl/N-ethyl adjacent to an activating group) is 1. The Kier molecular flexibility index (Phi) is 1.89. The van der Waals surface area contributed by atoms with Crippen molar-refractivity contribution in [2.24, 2.45) is 0 Å². The molecule has 1 aromatic rings. The zero-order valence-electron chi connectivity index (χ0n) is 8.02. The highest BCUT2D eigenvalue weighted by Crippen LogP contribution is 2.37. The zero-order chi connectivity index (χ0) is 11.2. The molecule has 0 aliphatic carbocycles. The van der Waals surface area contributed by atoms with Crippen LogP contribution in [0.1, 0.15) is 15.9 Å². The second-order valence-electron chi connectivity index (χ2n) is 3.44. The summed E-state index contributed by atoms with van der Waals surface area (Å²) in [5, 5.41) is 18.4. The molecule has 1 aromatic carbocycles. The fourth-order valence-corrected chi connectivity index (χ4v) is 1.73. The summed E-state index contributed by atoms with van der Waals surface area (Å²) in [6, 6.07) is 2.56. The molecule has 1 aliphatic rings. The molecule has 0 bridgehead atoms. The topological polar surface area (TPSA) is 77.8 Å². The molecule has 1 aliphatic heterocycles. The van der Waals surface area contributed by atoms with Crippen molar-refractivity contribution in [3.63, 3.8) is 0 Å². The molecule has 0 spiro atoms. The number of carboxylic acids is 1. The first-order valence-corrected chi connectivity index (χ1v) is 4.36. The lowest BCUT2D eigenvalue weighted by Gasteiger charge is -2.11. The third kappa shape index (κ3) is 1.32. The Morgan fingerprint density at radius 3 is 2.73 bits per heavy atom. The number of hydrogen-bond donors (Lipinski definition) is 2. The Bertz CT molecular complexity index is 467. The highest BCUT2D eigenvalue weighted by atomic mass is 16.4. The molecule has 2 rings (SSSR count). The van der Waals surface area contributed by atoms with Crippen molar-refractivity contribution in [3.05, 3.63) is 23.3 Å². The molecule has 1 heterocycles. The van der Waals surface area contributed by atoms with Gasteiger partial charge in [-0.3, -0.25) is 4.79 Å². The molecule has 0 fully saturated rings. The summed E-state index contributed by atoms with van der Waals surface area (Å²) in [4.78, 5) is 23.4. The summed E-state index contributed by atoms with van der Waals surface area (Å²) in [5.74, 6) is -1.43. The van der Waals surface area contributed by atoms with Gasteiger partial charge in [0.2, 0.25) is 5.91 Å². The molecule has 5 heteroatoms. The van der Waals surface area contributed by atoms with E-state index in [-0.39, 0.29) is 23.6 Å². The predicted octanol–water partition coefficient (Wildman–Crippen LogP) is 0.609. The summed E-state index contributed by atoms with van der Waals surface area (Å²) >= 11 is 0. The first kappa shape index (κ1) is 9.51. The summed E-state index contributed by atoms with van der Waals surface area (Å²) < 4.78 is 0. The molecule has 78 valence electrons. The maximum atomic E-state index is 11.3. The number of phenolic OH excluding ortho intramolecular Hbond substituents is 1. The van der Waals surface area contributed by atoms with Gasteiger partial charge in [0.15, 0.2) is 0 Å². The monoisotopic (exact) mass is 207 g/mol. The number of aromatic hydroxyl groups is 1. The number of benzene rings is 1. The van der Waals surface area contributed by atoms with Crippen LogP contribution < -0.4 is 4.90 Å². The van der Waals surface area contributed by atoms with Gasteiger partial charge in [0, 0.05) is 7.05 Å². The van der Waals surface area contributed by atoms with Gasteiger partial charge in [0.1, 0.15) is 5.75 Å². The number of carbonyl (C=O) groups is 2. The van der Waals surface area contributed by atoms with Gasteiger partial charge in [0.25, 0.3) is 0 Å². The second kappa shape index (κ2) is 2.98. The fraction of sp³-hybridized carbons (Fsp3) is 0.200. The lowest BCUT2D eigenvalue weighted by atomic mass is 10.1. The van der Waals surface area contributed by atoms with Gasteiger partial charge >= 0.3 is 5.97 Å².